The van der Waals surface area contributed by atoms with Crippen LogP contribution in [0.25, 0.3) is 10.9 Å². The summed E-state index contributed by atoms with van der Waals surface area (Å²) in [7, 11) is 1.33. The molecule has 0 bridgehead atoms. The van der Waals surface area contributed by atoms with Gasteiger partial charge in [-0.3, -0.25) is 4.79 Å². The number of amides is 1. The van der Waals surface area contributed by atoms with E-state index >= 15 is 0 Å². The molecule has 1 amide bonds. The highest BCUT2D eigenvalue weighted by atomic mass is 32.2. The molecule has 7 heteroatoms. The van der Waals surface area contributed by atoms with Crippen molar-refractivity contribution < 1.29 is 14.3 Å². The van der Waals surface area contributed by atoms with Gasteiger partial charge in [0.15, 0.2) is 0 Å². The van der Waals surface area contributed by atoms with E-state index < -0.39 is 12.0 Å². The molecular formula is C17H21N3O3S. The average Bonchev–Trinajstić information content (AvgIpc) is 2.63. The highest BCUT2D eigenvalue weighted by molar-refractivity contribution is 8.00. The number of benzene rings is 1. The van der Waals surface area contributed by atoms with E-state index in [1.807, 2.05) is 38.1 Å². The molecule has 0 spiro atoms. The molecule has 0 aliphatic carbocycles. The first-order chi connectivity index (χ1) is 11.6. The van der Waals surface area contributed by atoms with Gasteiger partial charge in [-0.15, -0.1) is 0 Å². The van der Waals surface area contributed by atoms with Crippen LogP contribution in [0.4, 0.5) is 0 Å². The standard InChI is InChI=1S/C17H21N3O3S/c1-4-11(2)15(17(22)23-3)20-14(21)9-24-16-12-7-5-6-8-13(12)18-10-19-16/h5-8,10-11,15H,4,9H2,1-3H3,(H,20,21)/t11-,15-/m1/s1. The molecule has 1 aromatic carbocycles. The van der Waals surface area contributed by atoms with E-state index in [0.29, 0.717) is 0 Å². The van der Waals surface area contributed by atoms with Crippen molar-refractivity contribution in [1.82, 2.24) is 15.3 Å². The predicted molar refractivity (Wildman–Crippen MR) is 93.7 cm³/mol. The molecule has 0 saturated heterocycles. The van der Waals surface area contributed by atoms with Gasteiger partial charge in [0, 0.05) is 5.39 Å². The Kier molecular flexibility index (Phi) is 6.54. The number of hydrogen-bond donors (Lipinski definition) is 1. The Balaban J connectivity index is 2.02. The minimum absolute atomic E-state index is 0.00582. The summed E-state index contributed by atoms with van der Waals surface area (Å²) >= 11 is 1.32. The fraction of sp³-hybridized carbons (Fsp3) is 0.412. The van der Waals surface area contributed by atoms with Gasteiger partial charge in [0.1, 0.15) is 17.4 Å². The van der Waals surface area contributed by atoms with Crippen molar-refractivity contribution in [2.75, 3.05) is 12.9 Å². The number of hydrogen-bond acceptors (Lipinski definition) is 6. The van der Waals surface area contributed by atoms with Crippen LogP contribution in [-0.4, -0.2) is 40.7 Å². The fourth-order valence-electron chi connectivity index (χ4n) is 2.24. The molecule has 128 valence electrons. The van der Waals surface area contributed by atoms with Crippen molar-refractivity contribution in [3.63, 3.8) is 0 Å². The smallest absolute Gasteiger partial charge is 0.328 e. The summed E-state index contributed by atoms with van der Waals surface area (Å²) in [4.78, 5) is 32.5. The lowest BCUT2D eigenvalue weighted by Gasteiger charge is -2.21. The van der Waals surface area contributed by atoms with Crippen LogP contribution in [0.1, 0.15) is 20.3 Å². The Hall–Kier alpha value is -2.15. The maximum atomic E-state index is 12.2. The Labute approximate surface area is 145 Å². The molecule has 0 aliphatic heterocycles. The molecule has 0 unspecified atom stereocenters. The number of esters is 1. The third-order valence-corrected chi connectivity index (χ3v) is 4.84. The number of methoxy groups -OCH3 is 1. The average molecular weight is 347 g/mol. The summed E-state index contributed by atoms with van der Waals surface area (Å²) in [6, 6.07) is 7.01. The van der Waals surface area contributed by atoms with E-state index in [2.05, 4.69) is 15.3 Å². The summed E-state index contributed by atoms with van der Waals surface area (Å²) in [5.74, 6) is -0.467. The second-order valence-electron chi connectivity index (χ2n) is 5.44. The van der Waals surface area contributed by atoms with Gasteiger partial charge in [-0.25, -0.2) is 14.8 Å². The Morgan fingerprint density at radius 3 is 2.75 bits per heavy atom. The summed E-state index contributed by atoms with van der Waals surface area (Å²) in [6.07, 6.45) is 2.25. The van der Waals surface area contributed by atoms with Crippen molar-refractivity contribution >= 4 is 34.5 Å². The van der Waals surface area contributed by atoms with Crippen molar-refractivity contribution in [2.45, 2.75) is 31.3 Å². The third kappa shape index (κ3) is 4.44. The van der Waals surface area contributed by atoms with E-state index in [0.717, 1.165) is 22.3 Å². The second-order valence-corrected chi connectivity index (χ2v) is 6.40. The van der Waals surface area contributed by atoms with Gasteiger partial charge in [-0.05, 0) is 12.0 Å². The Morgan fingerprint density at radius 1 is 1.29 bits per heavy atom. The van der Waals surface area contributed by atoms with Crippen molar-refractivity contribution in [3.05, 3.63) is 30.6 Å². The van der Waals surface area contributed by atoms with Crippen LogP contribution in [0.15, 0.2) is 35.6 Å². The maximum Gasteiger partial charge on any atom is 0.328 e. The lowest BCUT2D eigenvalue weighted by molar-refractivity contribution is -0.146. The van der Waals surface area contributed by atoms with Crippen LogP contribution in [0.2, 0.25) is 0 Å². The van der Waals surface area contributed by atoms with Gasteiger partial charge >= 0.3 is 5.97 Å². The highest BCUT2D eigenvalue weighted by Gasteiger charge is 2.26. The monoisotopic (exact) mass is 347 g/mol. The summed E-state index contributed by atoms with van der Waals surface area (Å²) in [5.41, 5.74) is 0.836. The highest BCUT2D eigenvalue weighted by Crippen LogP contribution is 2.24. The van der Waals surface area contributed by atoms with E-state index in [9.17, 15) is 9.59 Å². The summed E-state index contributed by atoms with van der Waals surface area (Å²) in [5, 5.41) is 4.41. The SMILES string of the molecule is CC[C@@H](C)[C@@H](NC(=O)CSc1ncnc2ccccc12)C(=O)OC. The largest absolute Gasteiger partial charge is 0.467 e. The maximum absolute atomic E-state index is 12.2. The summed E-state index contributed by atoms with van der Waals surface area (Å²) < 4.78 is 4.78. The van der Waals surface area contributed by atoms with Crippen molar-refractivity contribution in [3.8, 4) is 0 Å². The van der Waals surface area contributed by atoms with Crippen LogP contribution in [0.3, 0.4) is 0 Å². The molecular weight excluding hydrogens is 326 g/mol. The topological polar surface area (TPSA) is 81.2 Å². The first kappa shape index (κ1) is 18.2. The predicted octanol–water partition coefficient (Wildman–Crippen LogP) is 2.43. The molecule has 0 saturated carbocycles. The van der Waals surface area contributed by atoms with E-state index in [1.54, 1.807) is 0 Å². The van der Waals surface area contributed by atoms with Gasteiger partial charge in [0.2, 0.25) is 5.91 Å². The zero-order chi connectivity index (χ0) is 17.5. The minimum Gasteiger partial charge on any atom is -0.467 e. The molecule has 0 fully saturated rings. The quantitative estimate of drug-likeness (QED) is 0.471. The van der Waals surface area contributed by atoms with Crippen LogP contribution in [0, 0.1) is 5.92 Å². The normalized spacial score (nSPS) is 13.3. The number of carbonyl (C=O) groups is 2. The molecule has 2 aromatic rings. The van der Waals surface area contributed by atoms with Gasteiger partial charge in [0.25, 0.3) is 0 Å². The van der Waals surface area contributed by atoms with Crippen molar-refractivity contribution in [1.29, 1.82) is 0 Å². The molecule has 0 aliphatic rings. The molecule has 24 heavy (non-hydrogen) atoms. The molecule has 2 rings (SSSR count). The van der Waals surface area contributed by atoms with E-state index in [4.69, 9.17) is 4.74 Å². The molecule has 2 atom stereocenters. The first-order valence-corrected chi connectivity index (χ1v) is 8.75. The number of fused-ring (bicyclic) bond motifs is 1. The number of nitrogens with one attached hydrogen (secondary N) is 1. The molecule has 1 heterocycles. The summed E-state index contributed by atoms with van der Waals surface area (Å²) in [6.45, 7) is 3.88. The van der Waals surface area contributed by atoms with E-state index in [1.165, 1.54) is 25.2 Å². The van der Waals surface area contributed by atoms with Crippen LogP contribution >= 0.6 is 11.8 Å². The second kappa shape index (κ2) is 8.63. The zero-order valence-corrected chi connectivity index (χ0v) is 14.8. The van der Waals surface area contributed by atoms with Crippen molar-refractivity contribution in [2.24, 2.45) is 5.92 Å². The first-order valence-electron chi connectivity index (χ1n) is 7.76. The van der Waals surface area contributed by atoms with Crippen LogP contribution in [0.5, 0.6) is 0 Å². The fourth-order valence-corrected chi connectivity index (χ4v) is 3.04. The Bertz CT molecular complexity index is 718. The number of ether oxygens (including phenoxy) is 1. The zero-order valence-electron chi connectivity index (χ0n) is 14.0. The molecule has 1 N–H and O–H groups in total. The molecule has 6 nitrogen and oxygen atoms in total. The Morgan fingerprint density at radius 2 is 2.04 bits per heavy atom. The molecule has 1 aromatic heterocycles. The molecule has 0 radical (unpaired) electrons. The van der Waals surface area contributed by atoms with Gasteiger partial charge in [-0.1, -0.05) is 50.2 Å². The van der Waals surface area contributed by atoms with E-state index in [-0.39, 0.29) is 17.6 Å². The van der Waals surface area contributed by atoms with Gasteiger partial charge in [0.05, 0.1) is 18.4 Å². The number of thioether (sulfide) groups is 1. The number of para-hydroxylation sites is 1. The third-order valence-electron chi connectivity index (χ3n) is 3.83. The number of aromatic nitrogens is 2. The van der Waals surface area contributed by atoms with Crippen LogP contribution in [-0.2, 0) is 14.3 Å². The lowest BCUT2D eigenvalue weighted by atomic mass is 9.99. The number of carbonyl (C=O) groups excluding carboxylic acids is 2. The number of rotatable bonds is 7. The minimum atomic E-state index is -0.629. The van der Waals surface area contributed by atoms with Crippen LogP contribution < -0.4 is 5.32 Å². The van der Waals surface area contributed by atoms with Gasteiger partial charge in [-0.2, -0.15) is 0 Å². The number of nitrogens with zero attached hydrogens (tertiary/aromatic N) is 2. The lowest BCUT2D eigenvalue weighted by Crippen LogP contribution is -2.46. The van der Waals surface area contributed by atoms with Gasteiger partial charge < -0.3 is 10.1 Å².